The quantitative estimate of drug-likeness (QED) is 0.835. The molecule has 1 aliphatic rings. The largest absolute Gasteiger partial charge is 0.334 e. The van der Waals surface area contributed by atoms with Crippen LogP contribution in [0.5, 0.6) is 0 Å². The van der Waals surface area contributed by atoms with Crippen LogP contribution >= 0.6 is 0 Å². The van der Waals surface area contributed by atoms with Crippen molar-refractivity contribution in [3.05, 3.63) is 35.9 Å². The molecule has 1 fully saturated rings. The Kier molecular flexibility index (Phi) is 4.02. The number of rotatable bonds is 2. The molecule has 0 unspecified atom stereocenters. The molecule has 17 heavy (non-hydrogen) atoms. The molecule has 0 radical (unpaired) electrons. The lowest BCUT2D eigenvalue weighted by Gasteiger charge is -2.30. The molecule has 92 valence electrons. The van der Waals surface area contributed by atoms with Crippen LogP contribution in [0.1, 0.15) is 25.3 Å². The van der Waals surface area contributed by atoms with Gasteiger partial charge in [0.05, 0.1) is 0 Å². The Balaban J connectivity index is 1.78. The van der Waals surface area contributed by atoms with E-state index in [1.165, 1.54) is 0 Å². The maximum absolute atomic E-state index is 11.9. The highest BCUT2D eigenvalue weighted by Crippen LogP contribution is 2.15. The Hall–Kier alpha value is -1.51. The van der Waals surface area contributed by atoms with E-state index in [2.05, 4.69) is 12.2 Å². The van der Waals surface area contributed by atoms with Crippen LogP contribution in [0.2, 0.25) is 0 Å². The summed E-state index contributed by atoms with van der Waals surface area (Å²) < 4.78 is 0. The zero-order chi connectivity index (χ0) is 12.1. The Morgan fingerprint density at radius 1 is 1.29 bits per heavy atom. The van der Waals surface area contributed by atoms with Gasteiger partial charge in [0.1, 0.15) is 0 Å². The fourth-order valence-electron chi connectivity index (χ4n) is 2.10. The van der Waals surface area contributed by atoms with Crippen LogP contribution in [-0.2, 0) is 6.54 Å². The number of nitrogens with one attached hydrogen (secondary N) is 1. The molecule has 1 aliphatic heterocycles. The van der Waals surface area contributed by atoms with Crippen LogP contribution in [0.15, 0.2) is 30.3 Å². The van der Waals surface area contributed by atoms with Gasteiger partial charge in [0.25, 0.3) is 0 Å². The third-order valence-corrected chi connectivity index (χ3v) is 3.36. The van der Waals surface area contributed by atoms with Crippen molar-refractivity contribution in [2.45, 2.75) is 26.3 Å². The van der Waals surface area contributed by atoms with Crippen LogP contribution in [0.4, 0.5) is 4.79 Å². The van der Waals surface area contributed by atoms with Crippen molar-refractivity contribution in [1.82, 2.24) is 10.2 Å². The van der Waals surface area contributed by atoms with Gasteiger partial charge in [-0.3, -0.25) is 0 Å². The highest BCUT2D eigenvalue weighted by atomic mass is 16.2. The normalized spacial score (nSPS) is 16.9. The first-order valence-corrected chi connectivity index (χ1v) is 6.32. The molecule has 1 saturated heterocycles. The summed E-state index contributed by atoms with van der Waals surface area (Å²) in [6.45, 7) is 4.65. The third kappa shape index (κ3) is 3.48. The van der Waals surface area contributed by atoms with Crippen molar-refractivity contribution in [3.63, 3.8) is 0 Å². The molecule has 0 bridgehead atoms. The number of piperidine rings is 1. The summed E-state index contributed by atoms with van der Waals surface area (Å²) in [5.74, 6) is 0.758. The lowest BCUT2D eigenvalue weighted by molar-refractivity contribution is 0.173. The van der Waals surface area contributed by atoms with Gasteiger partial charge >= 0.3 is 6.03 Å². The summed E-state index contributed by atoms with van der Waals surface area (Å²) in [5.41, 5.74) is 1.14. The second kappa shape index (κ2) is 5.71. The number of hydrogen-bond acceptors (Lipinski definition) is 1. The highest BCUT2D eigenvalue weighted by Gasteiger charge is 2.19. The van der Waals surface area contributed by atoms with Crippen molar-refractivity contribution in [1.29, 1.82) is 0 Å². The molecule has 0 aliphatic carbocycles. The number of hydrogen-bond donors (Lipinski definition) is 1. The minimum Gasteiger partial charge on any atom is -0.334 e. The van der Waals surface area contributed by atoms with Crippen LogP contribution in [-0.4, -0.2) is 24.0 Å². The Morgan fingerprint density at radius 2 is 1.94 bits per heavy atom. The molecule has 0 aromatic heterocycles. The van der Waals surface area contributed by atoms with Gasteiger partial charge < -0.3 is 10.2 Å². The first kappa shape index (κ1) is 12.0. The zero-order valence-corrected chi connectivity index (χ0v) is 10.4. The van der Waals surface area contributed by atoms with E-state index in [0.717, 1.165) is 37.4 Å². The smallest absolute Gasteiger partial charge is 0.317 e. The fraction of sp³-hybridized carbons (Fsp3) is 0.500. The highest BCUT2D eigenvalue weighted by molar-refractivity contribution is 5.74. The van der Waals surface area contributed by atoms with E-state index in [4.69, 9.17) is 0 Å². The molecular weight excluding hydrogens is 212 g/mol. The summed E-state index contributed by atoms with van der Waals surface area (Å²) in [5, 5.41) is 2.97. The van der Waals surface area contributed by atoms with Crippen molar-refractivity contribution in [2.24, 2.45) is 5.92 Å². The predicted molar refractivity (Wildman–Crippen MR) is 68.6 cm³/mol. The lowest BCUT2D eigenvalue weighted by atomic mass is 10.00. The zero-order valence-electron chi connectivity index (χ0n) is 10.4. The first-order valence-electron chi connectivity index (χ1n) is 6.32. The number of nitrogens with zero attached hydrogens (tertiary/aromatic N) is 1. The summed E-state index contributed by atoms with van der Waals surface area (Å²) in [4.78, 5) is 13.8. The van der Waals surface area contributed by atoms with E-state index in [1.807, 2.05) is 35.2 Å². The van der Waals surface area contributed by atoms with E-state index in [0.29, 0.717) is 6.54 Å². The van der Waals surface area contributed by atoms with Gasteiger partial charge in [-0.2, -0.15) is 0 Å². The number of urea groups is 1. The van der Waals surface area contributed by atoms with Crippen molar-refractivity contribution in [3.8, 4) is 0 Å². The van der Waals surface area contributed by atoms with Gasteiger partial charge in [0.15, 0.2) is 0 Å². The third-order valence-electron chi connectivity index (χ3n) is 3.36. The van der Waals surface area contributed by atoms with Gasteiger partial charge in [-0.1, -0.05) is 37.3 Å². The molecule has 2 amide bonds. The predicted octanol–water partition coefficient (Wildman–Crippen LogP) is 2.63. The van der Waals surface area contributed by atoms with E-state index >= 15 is 0 Å². The number of benzene rings is 1. The fourth-order valence-corrected chi connectivity index (χ4v) is 2.10. The average molecular weight is 232 g/mol. The minimum atomic E-state index is 0.0701. The van der Waals surface area contributed by atoms with Gasteiger partial charge in [-0.05, 0) is 24.3 Å². The second-order valence-electron chi connectivity index (χ2n) is 4.81. The van der Waals surface area contributed by atoms with Gasteiger partial charge in [-0.15, -0.1) is 0 Å². The summed E-state index contributed by atoms with van der Waals surface area (Å²) in [6, 6.07) is 10.1. The van der Waals surface area contributed by atoms with Crippen molar-refractivity contribution >= 4 is 6.03 Å². The Morgan fingerprint density at radius 3 is 2.59 bits per heavy atom. The summed E-state index contributed by atoms with van der Waals surface area (Å²) in [7, 11) is 0. The molecule has 3 heteroatoms. The number of carbonyl (C=O) groups excluding carboxylic acids is 1. The SMILES string of the molecule is CC1CCN(C(=O)NCc2ccccc2)CC1. The van der Waals surface area contributed by atoms with Crippen LogP contribution in [0.3, 0.4) is 0 Å². The molecule has 3 nitrogen and oxygen atoms in total. The molecule has 0 saturated carbocycles. The van der Waals surface area contributed by atoms with Gasteiger partial charge in [0, 0.05) is 19.6 Å². The maximum atomic E-state index is 11.9. The molecule has 0 atom stereocenters. The van der Waals surface area contributed by atoms with Crippen molar-refractivity contribution < 1.29 is 4.79 Å². The monoisotopic (exact) mass is 232 g/mol. The van der Waals surface area contributed by atoms with Crippen LogP contribution < -0.4 is 5.32 Å². The average Bonchev–Trinajstić information content (AvgIpc) is 2.38. The Bertz CT molecular complexity index is 356. The molecule has 1 aromatic carbocycles. The molecular formula is C14H20N2O. The van der Waals surface area contributed by atoms with E-state index in [-0.39, 0.29) is 6.03 Å². The molecule has 1 N–H and O–H groups in total. The molecule has 1 aromatic rings. The number of amides is 2. The Labute approximate surface area is 103 Å². The van der Waals surface area contributed by atoms with Crippen LogP contribution in [0, 0.1) is 5.92 Å². The standard InChI is InChI=1S/C14H20N2O/c1-12-7-9-16(10-8-12)14(17)15-11-13-5-3-2-4-6-13/h2-6,12H,7-11H2,1H3,(H,15,17). The first-order chi connectivity index (χ1) is 8.25. The van der Waals surface area contributed by atoms with Crippen LogP contribution in [0.25, 0.3) is 0 Å². The van der Waals surface area contributed by atoms with E-state index in [9.17, 15) is 4.79 Å². The van der Waals surface area contributed by atoms with E-state index in [1.54, 1.807) is 0 Å². The molecule has 2 rings (SSSR count). The van der Waals surface area contributed by atoms with E-state index < -0.39 is 0 Å². The number of carbonyl (C=O) groups is 1. The maximum Gasteiger partial charge on any atom is 0.317 e. The topological polar surface area (TPSA) is 32.3 Å². The van der Waals surface area contributed by atoms with Crippen molar-refractivity contribution in [2.75, 3.05) is 13.1 Å². The second-order valence-corrected chi connectivity index (χ2v) is 4.81. The minimum absolute atomic E-state index is 0.0701. The molecule has 1 heterocycles. The number of likely N-dealkylation sites (tertiary alicyclic amines) is 1. The summed E-state index contributed by atoms with van der Waals surface area (Å²) >= 11 is 0. The lowest BCUT2D eigenvalue weighted by Crippen LogP contribution is -2.43. The summed E-state index contributed by atoms with van der Waals surface area (Å²) in [6.07, 6.45) is 2.25. The van der Waals surface area contributed by atoms with Gasteiger partial charge in [-0.25, -0.2) is 4.79 Å². The van der Waals surface area contributed by atoms with Gasteiger partial charge in [0.2, 0.25) is 0 Å². The molecule has 0 spiro atoms.